The lowest BCUT2D eigenvalue weighted by molar-refractivity contribution is -0.139. The van der Waals surface area contributed by atoms with Crippen LogP contribution in [0.4, 0.5) is 4.79 Å². The minimum absolute atomic E-state index is 0.170. The Hall–Kier alpha value is -1.70. The van der Waals surface area contributed by atoms with Crippen LogP contribution in [0.1, 0.15) is 12.6 Å². The highest BCUT2D eigenvalue weighted by Gasteiger charge is 2.21. The Balaban J connectivity index is 2.41. The Morgan fingerprint density at radius 2 is 2.30 bits per heavy atom. The van der Waals surface area contributed by atoms with E-state index in [4.69, 9.17) is 5.11 Å². The highest BCUT2D eigenvalue weighted by atomic mass is 32.2. The van der Waals surface area contributed by atoms with Crippen molar-refractivity contribution in [3.05, 3.63) is 18.2 Å². The van der Waals surface area contributed by atoms with E-state index in [-0.39, 0.29) is 6.42 Å². The summed E-state index contributed by atoms with van der Waals surface area (Å²) in [7, 11) is 0. The van der Waals surface area contributed by atoms with Gasteiger partial charge in [-0.2, -0.15) is 11.8 Å². The molecule has 0 aromatic carbocycles. The highest BCUT2D eigenvalue weighted by Crippen LogP contribution is 2.03. The Morgan fingerprint density at radius 3 is 2.85 bits per heavy atom. The Labute approximate surface area is 121 Å². The second-order valence-corrected chi connectivity index (χ2v) is 5.50. The van der Waals surface area contributed by atoms with E-state index in [9.17, 15) is 9.59 Å². The number of aliphatic carboxylic acids is 1. The molecule has 8 heteroatoms. The number of thioether (sulfide) groups is 1. The minimum atomic E-state index is -1.08. The van der Waals surface area contributed by atoms with E-state index < -0.39 is 18.0 Å². The smallest absolute Gasteiger partial charge is 0.326 e. The van der Waals surface area contributed by atoms with Gasteiger partial charge in [-0.1, -0.05) is 6.92 Å². The molecule has 112 valence electrons. The van der Waals surface area contributed by atoms with Crippen LogP contribution < -0.4 is 10.6 Å². The van der Waals surface area contributed by atoms with E-state index in [2.05, 4.69) is 20.6 Å². The van der Waals surface area contributed by atoms with E-state index in [0.717, 1.165) is 5.75 Å². The summed E-state index contributed by atoms with van der Waals surface area (Å²) < 4.78 is 0. The van der Waals surface area contributed by atoms with Gasteiger partial charge in [-0.05, 0) is 17.9 Å². The summed E-state index contributed by atoms with van der Waals surface area (Å²) in [6.45, 7) is 2.54. The molecule has 0 saturated heterocycles. The third-order valence-corrected chi connectivity index (χ3v) is 3.55. The lowest BCUT2D eigenvalue weighted by atomic mass is 10.1. The van der Waals surface area contributed by atoms with Crippen molar-refractivity contribution in [1.82, 2.24) is 20.6 Å². The van der Waals surface area contributed by atoms with Crippen molar-refractivity contribution in [3.63, 3.8) is 0 Å². The predicted molar refractivity (Wildman–Crippen MR) is 77.8 cm³/mol. The molecule has 0 aliphatic carbocycles. The molecule has 2 amide bonds. The summed E-state index contributed by atoms with van der Waals surface area (Å²) in [5.74, 6) is 0.204. The number of nitrogens with zero attached hydrogens (tertiary/aromatic N) is 1. The molecule has 1 rings (SSSR count). The molecule has 1 aromatic rings. The second-order valence-electron chi connectivity index (χ2n) is 4.59. The fraction of sp³-hybridized carbons (Fsp3) is 0.583. The second kappa shape index (κ2) is 8.47. The van der Waals surface area contributed by atoms with Crippen LogP contribution >= 0.6 is 11.8 Å². The molecule has 7 nitrogen and oxygen atoms in total. The number of amides is 2. The van der Waals surface area contributed by atoms with Crippen molar-refractivity contribution in [1.29, 1.82) is 0 Å². The quantitative estimate of drug-likeness (QED) is 0.565. The molecule has 2 unspecified atom stereocenters. The van der Waals surface area contributed by atoms with Gasteiger partial charge in [0.05, 0.1) is 6.33 Å². The first kappa shape index (κ1) is 16.4. The molecule has 4 N–H and O–H groups in total. The number of hydrogen-bond acceptors (Lipinski definition) is 4. The number of rotatable bonds is 8. The Morgan fingerprint density at radius 1 is 1.55 bits per heavy atom. The van der Waals surface area contributed by atoms with Gasteiger partial charge in [-0.15, -0.1) is 0 Å². The number of hydrogen-bond donors (Lipinski definition) is 4. The first-order chi connectivity index (χ1) is 9.52. The summed E-state index contributed by atoms with van der Waals surface area (Å²) in [5, 5.41) is 14.2. The maximum absolute atomic E-state index is 11.7. The zero-order chi connectivity index (χ0) is 15.0. The van der Waals surface area contributed by atoms with E-state index in [1.165, 1.54) is 12.5 Å². The number of aromatic amines is 1. The molecule has 0 bridgehead atoms. The van der Waals surface area contributed by atoms with Crippen molar-refractivity contribution in [2.75, 3.05) is 18.6 Å². The normalized spacial score (nSPS) is 13.5. The number of carboxylic acids is 1. The molecule has 0 spiro atoms. The van der Waals surface area contributed by atoms with Gasteiger partial charge in [-0.3, -0.25) is 0 Å². The van der Waals surface area contributed by atoms with Crippen LogP contribution in [0.15, 0.2) is 12.5 Å². The largest absolute Gasteiger partial charge is 0.480 e. The van der Waals surface area contributed by atoms with Crippen LogP contribution in [-0.4, -0.2) is 51.7 Å². The molecular weight excluding hydrogens is 280 g/mol. The Bertz CT molecular complexity index is 424. The summed E-state index contributed by atoms with van der Waals surface area (Å²) in [6, 6.07) is -1.45. The molecule has 0 aliphatic rings. The lowest BCUT2D eigenvalue weighted by Crippen LogP contribution is -2.48. The standard InChI is InChI=1S/C12H20N4O3S/c1-8(6-20-2)4-14-12(19)16-10(11(17)18)3-9-5-13-7-15-9/h5,7-8,10H,3-4,6H2,1-2H3,(H,13,15)(H,17,18)(H2,14,16,19). The molecule has 1 heterocycles. The van der Waals surface area contributed by atoms with Crippen LogP contribution in [-0.2, 0) is 11.2 Å². The molecular formula is C12H20N4O3S. The monoisotopic (exact) mass is 300 g/mol. The zero-order valence-electron chi connectivity index (χ0n) is 11.5. The summed E-state index contributed by atoms with van der Waals surface area (Å²) in [4.78, 5) is 29.4. The number of urea groups is 1. The third kappa shape index (κ3) is 5.96. The first-order valence-electron chi connectivity index (χ1n) is 6.26. The fourth-order valence-corrected chi connectivity index (χ4v) is 2.32. The van der Waals surface area contributed by atoms with Crippen LogP contribution in [0.25, 0.3) is 0 Å². The van der Waals surface area contributed by atoms with Crippen molar-refractivity contribution in [2.24, 2.45) is 5.92 Å². The average molecular weight is 300 g/mol. The topological polar surface area (TPSA) is 107 Å². The number of carbonyl (C=O) groups is 2. The lowest BCUT2D eigenvalue weighted by Gasteiger charge is -2.16. The van der Waals surface area contributed by atoms with Crippen LogP contribution in [0.3, 0.4) is 0 Å². The molecule has 20 heavy (non-hydrogen) atoms. The summed E-state index contributed by atoms with van der Waals surface area (Å²) in [6.07, 6.45) is 5.18. The Kier molecular flexibility index (Phi) is 6.92. The third-order valence-electron chi connectivity index (χ3n) is 2.64. The number of imidazole rings is 1. The number of carbonyl (C=O) groups excluding carboxylic acids is 1. The molecule has 0 fully saturated rings. The number of nitrogens with one attached hydrogen (secondary N) is 3. The van der Waals surface area contributed by atoms with Crippen molar-refractivity contribution < 1.29 is 14.7 Å². The van der Waals surface area contributed by atoms with Crippen molar-refractivity contribution >= 4 is 23.8 Å². The van der Waals surface area contributed by atoms with Gasteiger partial charge in [0.2, 0.25) is 0 Å². The minimum Gasteiger partial charge on any atom is -0.480 e. The summed E-state index contributed by atoms with van der Waals surface area (Å²) >= 11 is 1.71. The molecule has 0 radical (unpaired) electrons. The van der Waals surface area contributed by atoms with E-state index in [0.29, 0.717) is 18.2 Å². The highest BCUT2D eigenvalue weighted by molar-refractivity contribution is 7.98. The molecule has 2 atom stereocenters. The number of aromatic nitrogens is 2. The SMILES string of the molecule is CSCC(C)CNC(=O)NC(Cc1cnc[nH]1)C(=O)O. The maximum atomic E-state index is 11.7. The molecule has 1 aromatic heterocycles. The number of H-pyrrole nitrogens is 1. The van der Waals surface area contributed by atoms with Gasteiger partial charge in [-0.25, -0.2) is 14.6 Å². The maximum Gasteiger partial charge on any atom is 0.326 e. The fourth-order valence-electron chi connectivity index (χ4n) is 1.64. The van der Waals surface area contributed by atoms with Gasteiger partial charge in [0.25, 0.3) is 0 Å². The summed E-state index contributed by atoms with van der Waals surface area (Å²) in [5.41, 5.74) is 0.661. The van der Waals surface area contributed by atoms with Gasteiger partial charge in [0, 0.05) is 24.9 Å². The van der Waals surface area contributed by atoms with Gasteiger partial charge in [0.15, 0.2) is 0 Å². The van der Waals surface area contributed by atoms with Crippen LogP contribution in [0, 0.1) is 5.92 Å². The van der Waals surface area contributed by atoms with Gasteiger partial charge in [0.1, 0.15) is 6.04 Å². The van der Waals surface area contributed by atoms with E-state index in [1.54, 1.807) is 11.8 Å². The van der Waals surface area contributed by atoms with Crippen LogP contribution in [0.2, 0.25) is 0 Å². The average Bonchev–Trinajstić information content (AvgIpc) is 2.89. The zero-order valence-corrected chi connectivity index (χ0v) is 12.4. The van der Waals surface area contributed by atoms with Crippen LogP contribution in [0.5, 0.6) is 0 Å². The van der Waals surface area contributed by atoms with E-state index in [1.807, 2.05) is 13.2 Å². The molecule has 0 aliphatic heterocycles. The van der Waals surface area contributed by atoms with E-state index >= 15 is 0 Å². The molecule has 0 saturated carbocycles. The van der Waals surface area contributed by atoms with Gasteiger partial charge >= 0.3 is 12.0 Å². The van der Waals surface area contributed by atoms with Crippen molar-refractivity contribution in [3.8, 4) is 0 Å². The van der Waals surface area contributed by atoms with Gasteiger partial charge < -0.3 is 20.7 Å². The van der Waals surface area contributed by atoms with Crippen molar-refractivity contribution in [2.45, 2.75) is 19.4 Å². The predicted octanol–water partition coefficient (Wildman–Crippen LogP) is 0.704. The number of carboxylic acid groups (broad SMARTS) is 1. The first-order valence-corrected chi connectivity index (χ1v) is 7.65.